The van der Waals surface area contributed by atoms with Crippen LogP contribution in [0.15, 0.2) is 29.6 Å². The predicted octanol–water partition coefficient (Wildman–Crippen LogP) is 3.27. The number of likely N-dealkylation sites (tertiary alicyclic amines) is 1. The minimum atomic E-state index is -0.723. The molecule has 0 unspecified atom stereocenters. The minimum Gasteiger partial charge on any atom is -0.480 e. The van der Waals surface area contributed by atoms with Gasteiger partial charge in [0, 0.05) is 17.3 Å². The van der Waals surface area contributed by atoms with Crippen LogP contribution in [0.1, 0.15) is 25.3 Å². The molecule has 1 N–H and O–H groups in total. The second-order valence-electron chi connectivity index (χ2n) is 6.22. The number of nitrogens with zero attached hydrogens (tertiary/aromatic N) is 2. The maximum atomic E-state index is 11.0. The van der Waals surface area contributed by atoms with Crippen molar-refractivity contribution in [3.05, 3.63) is 35.2 Å². The van der Waals surface area contributed by atoms with E-state index in [9.17, 15) is 4.79 Å². The smallest absolute Gasteiger partial charge is 0.317 e. The predicted molar refractivity (Wildman–Crippen MR) is 95.0 cm³/mol. The van der Waals surface area contributed by atoms with Crippen molar-refractivity contribution in [3.8, 4) is 0 Å². The Bertz CT molecular complexity index is 662. The molecule has 0 bridgehead atoms. The van der Waals surface area contributed by atoms with E-state index in [0.29, 0.717) is 6.04 Å². The monoisotopic (exact) mass is 332 g/mol. The molecule has 1 aliphatic rings. The first-order valence-electron chi connectivity index (χ1n) is 8.30. The number of hydrogen-bond acceptors (Lipinski definition) is 4. The van der Waals surface area contributed by atoms with Crippen LogP contribution in [0.25, 0.3) is 10.1 Å². The van der Waals surface area contributed by atoms with Crippen molar-refractivity contribution >= 4 is 27.4 Å². The maximum Gasteiger partial charge on any atom is 0.317 e. The Balaban J connectivity index is 1.58. The van der Waals surface area contributed by atoms with Crippen LogP contribution >= 0.6 is 11.3 Å². The SMILES string of the molecule is CCN(CC(=O)O)C1CCN(Cc2csc3ccccc23)CC1. The first kappa shape index (κ1) is 16.4. The number of fused-ring (bicyclic) bond motifs is 1. The van der Waals surface area contributed by atoms with Gasteiger partial charge >= 0.3 is 5.97 Å². The van der Waals surface area contributed by atoms with Crippen molar-refractivity contribution in [3.63, 3.8) is 0 Å². The second-order valence-corrected chi connectivity index (χ2v) is 7.13. The highest BCUT2D eigenvalue weighted by Gasteiger charge is 2.25. The number of carboxylic acids is 1. The molecule has 3 rings (SSSR count). The van der Waals surface area contributed by atoms with Gasteiger partial charge in [-0.3, -0.25) is 14.6 Å². The molecule has 0 atom stereocenters. The largest absolute Gasteiger partial charge is 0.480 e. The van der Waals surface area contributed by atoms with Crippen LogP contribution < -0.4 is 0 Å². The van der Waals surface area contributed by atoms with E-state index in [1.54, 1.807) is 0 Å². The molecule has 5 heteroatoms. The quantitative estimate of drug-likeness (QED) is 0.882. The van der Waals surface area contributed by atoms with Crippen molar-refractivity contribution < 1.29 is 9.90 Å². The number of carbonyl (C=O) groups is 1. The van der Waals surface area contributed by atoms with Crippen LogP contribution in [0.3, 0.4) is 0 Å². The molecule has 0 amide bonds. The molecule has 0 spiro atoms. The van der Waals surface area contributed by atoms with Crippen LogP contribution in [-0.2, 0) is 11.3 Å². The van der Waals surface area contributed by atoms with Crippen LogP contribution in [0.5, 0.6) is 0 Å². The number of hydrogen-bond donors (Lipinski definition) is 1. The summed E-state index contributed by atoms with van der Waals surface area (Å²) in [6.45, 7) is 6.12. The third kappa shape index (κ3) is 3.91. The topological polar surface area (TPSA) is 43.8 Å². The van der Waals surface area contributed by atoms with Crippen molar-refractivity contribution in [2.45, 2.75) is 32.4 Å². The highest BCUT2D eigenvalue weighted by molar-refractivity contribution is 7.17. The number of thiophene rings is 1. The standard InChI is InChI=1S/C18H24N2O2S/c1-2-20(12-18(21)22)15-7-9-19(10-8-15)11-14-13-23-17-6-4-3-5-16(14)17/h3-6,13,15H,2,7-12H2,1H3,(H,21,22). The zero-order valence-corrected chi connectivity index (χ0v) is 14.4. The van der Waals surface area contributed by atoms with Crippen LogP contribution in [0.4, 0.5) is 0 Å². The number of likely N-dealkylation sites (N-methyl/N-ethyl adjacent to an activating group) is 1. The van der Waals surface area contributed by atoms with E-state index in [4.69, 9.17) is 5.11 Å². The highest BCUT2D eigenvalue weighted by Crippen LogP contribution is 2.27. The summed E-state index contributed by atoms with van der Waals surface area (Å²) in [6, 6.07) is 9.00. The van der Waals surface area contributed by atoms with Gasteiger partial charge in [0.05, 0.1) is 6.54 Å². The fourth-order valence-corrected chi connectivity index (χ4v) is 4.47. The molecule has 1 aromatic carbocycles. The van der Waals surface area contributed by atoms with Gasteiger partial charge in [-0.05, 0) is 54.9 Å². The summed E-state index contributed by atoms with van der Waals surface area (Å²) in [4.78, 5) is 15.6. The van der Waals surface area contributed by atoms with Crippen LogP contribution in [-0.4, -0.2) is 53.1 Å². The van der Waals surface area contributed by atoms with Gasteiger partial charge in [-0.25, -0.2) is 0 Å². The Kier molecular flexibility index (Phi) is 5.30. The number of piperidine rings is 1. The molecule has 2 heterocycles. The first-order chi connectivity index (χ1) is 11.2. The number of aliphatic carboxylic acids is 1. The summed E-state index contributed by atoms with van der Waals surface area (Å²) in [5.74, 6) is -0.723. The molecular formula is C18H24N2O2S. The van der Waals surface area contributed by atoms with Crippen LogP contribution in [0, 0.1) is 0 Å². The second kappa shape index (κ2) is 7.43. The summed E-state index contributed by atoms with van der Waals surface area (Å²) in [6.07, 6.45) is 2.12. The van der Waals surface area contributed by atoms with E-state index in [0.717, 1.165) is 39.0 Å². The molecule has 1 aromatic heterocycles. The molecule has 2 aromatic rings. The summed E-state index contributed by atoms with van der Waals surface area (Å²) in [5.41, 5.74) is 1.42. The Hall–Kier alpha value is -1.43. The zero-order chi connectivity index (χ0) is 16.2. The number of benzene rings is 1. The fraction of sp³-hybridized carbons (Fsp3) is 0.500. The molecule has 1 fully saturated rings. The van der Waals surface area contributed by atoms with Crippen molar-refractivity contribution in [1.29, 1.82) is 0 Å². The third-order valence-electron chi connectivity index (χ3n) is 4.77. The van der Waals surface area contributed by atoms with Gasteiger partial charge in [0.1, 0.15) is 0 Å². The lowest BCUT2D eigenvalue weighted by Crippen LogP contribution is -2.46. The molecule has 1 aliphatic heterocycles. The van der Waals surface area contributed by atoms with Crippen molar-refractivity contribution in [2.24, 2.45) is 0 Å². The average Bonchev–Trinajstić information content (AvgIpc) is 2.96. The van der Waals surface area contributed by atoms with E-state index < -0.39 is 5.97 Å². The average molecular weight is 332 g/mol. The Labute approximate surface area is 141 Å². The highest BCUT2D eigenvalue weighted by atomic mass is 32.1. The minimum absolute atomic E-state index is 0.163. The van der Waals surface area contributed by atoms with E-state index in [2.05, 4.69) is 39.4 Å². The van der Waals surface area contributed by atoms with Gasteiger partial charge in [-0.2, -0.15) is 0 Å². The fourth-order valence-electron chi connectivity index (χ4n) is 3.51. The van der Waals surface area contributed by atoms with Crippen molar-refractivity contribution in [1.82, 2.24) is 9.80 Å². The summed E-state index contributed by atoms with van der Waals surface area (Å²) in [7, 11) is 0. The van der Waals surface area contributed by atoms with E-state index in [1.807, 2.05) is 18.3 Å². The van der Waals surface area contributed by atoms with E-state index >= 15 is 0 Å². The summed E-state index contributed by atoms with van der Waals surface area (Å²) >= 11 is 1.82. The third-order valence-corrected chi connectivity index (χ3v) is 5.79. The van der Waals surface area contributed by atoms with Crippen LogP contribution in [0.2, 0.25) is 0 Å². The van der Waals surface area contributed by atoms with Gasteiger partial charge in [-0.1, -0.05) is 25.1 Å². The molecule has 0 saturated carbocycles. The lowest BCUT2D eigenvalue weighted by molar-refractivity contribution is -0.139. The molecule has 4 nitrogen and oxygen atoms in total. The molecule has 23 heavy (non-hydrogen) atoms. The Morgan fingerprint density at radius 3 is 2.78 bits per heavy atom. The van der Waals surface area contributed by atoms with Gasteiger partial charge < -0.3 is 5.11 Å². The lowest BCUT2D eigenvalue weighted by Gasteiger charge is -2.37. The molecule has 0 radical (unpaired) electrons. The maximum absolute atomic E-state index is 11.0. The molecular weight excluding hydrogens is 308 g/mol. The molecule has 0 aliphatic carbocycles. The van der Waals surface area contributed by atoms with Gasteiger partial charge in [-0.15, -0.1) is 11.3 Å². The van der Waals surface area contributed by atoms with Gasteiger partial charge in [0.25, 0.3) is 0 Å². The van der Waals surface area contributed by atoms with E-state index in [1.165, 1.54) is 15.6 Å². The van der Waals surface area contributed by atoms with E-state index in [-0.39, 0.29) is 6.54 Å². The first-order valence-corrected chi connectivity index (χ1v) is 9.18. The zero-order valence-electron chi connectivity index (χ0n) is 13.6. The van der Waals surface area contributed by atoms with Gasteiger partial charge in [0.15, 0.2) is 0 Å². The molecule has 1 saturated heterocycles. The van der Waals surface area contributed by atoms with Crippen molar-refractivity contribution in [2.75, 3.05) is 26.2 Å². The lowest BCUT2D eigenvalue weighted by atomic mass is 10.0. The Morgan fingerprint density at radius 1 is 1.35 bits per heavy atom. The number of carboxylic acid groups (broad SMARTS) is 1. The Morgan fingerprint density at radius 2 is 2.09 bits per heavy atom. The molecule has 124 valence electrons. The van der Waals surface area contributed by atoms with Gasteiger partial charge in [0.2, 0.25) is 0 Å². The number of rotatable bonds is 6. The summed E-state index contributed by atoms with van der Waals surface area (Å²) in [5, 5.41) is 12.7. The summed E-state index contributed by atoms with van der Waals surface area (Å²) < 4.78 is 1.36. The normalized spacial score (nSPS) is 17.1.